The second-order valence-electron chi connectivity index (χ2n) is 4.45. The molecule has 4 nitrogen and oxygen atoms in total. The van der Waals surface area contributed by atoms with E-state index >= 15 is 0 Å². The Labute approximate surface area is 103 Å². The third-order valence-corrected chi connectivity index (χ3v) is 4.16. The molecule has 3 rings (SSSR count). The summed E-state index contributed by atoms with van der Waals surface area (Å²) in [4.78, 5) is 16.3. The molecule has 2 aromatic rings. The maximum absolute atomic E-state index is 11.9. The van der Waals surface area contributed by atoms with Crippen LogP contribution in [0.25, 0.3) is 10.2 Å². The third kappa shape index (κ3) is 1.81. The van der Waals surface area contributed by atoms with E-state index < -0.39 is 5.54 Å². The van der Waals surface area contributed by atoms with Crippen LogP contribution in [-0.2, 0) is 4.79 Å². The van der Waals surface area contributed by atoms with E-state index in [2.05, 4.69) is 10.3 Å². The fraction of sp³-hybridized carbons (Fsp3) is 0.333. The lowest BCUT2D eigenvalue weighted by Crippen LogP contribution is -2.56. The molecule has 0 bridgehead atoms. The number of amides is 1. The lowest BCUT2D eigenvalue weighted by atomic mass is 9.77. The van der Waals surface area contributed by atoms with E-state index in [4.69, 9.17) is 5.73 Å². The summed E-state index contributed by atoms with van der Waals surface area (Å²) in [7, 11) is 0. The molecule has 88 valence electrons. The number of aromatic nitrogens is 1. The third-order valence-electron chi connectivity index (χ3n) is 3.21. The first-order chi connectivity index (χ1) is 8.17. The number of anilines is 1. The molecule has 1 amide bonds. The van der Waals surface area contributed by atoms with Crippen molar-refractivity contribution in [3.8, 4) is 0 Å². The number of benzene rings is 1. The summed E-state index contributed by atoms with van der Waals surface area (Å²) in [6, 6.07) is 7.82. The van der Waals surface area contributed by atoms with Crippen LogP contribution < -0.4 is 11.1 Å². The predicted octanol–water partition coefficient (Wildman–Crippen LogP) is 2.12. The zero-order valence-corrected chi connectivity index (χ0v) is 10.1. The van der Waals surface area contributed by atoms with Crippen molar-refractivity contribution >= 4 is 32.6 Å². The van der Waals surface area contributed by atoms with Crippen LogP contribution in [0.1, 0.15) is 19.3 Å². The zero-order chi connectivity index (χ0) is 11.9. The van der Waals surface area contributed by atoms with Crippen molar-refractivity contribution < 1.29 is 4.79 Å². The van der Waals surface area contributed by atoms with Gasteiger partial charge in [0.05, 0.1) is 15.8 Å². The largest absolute Gasteiger partial charge is 0.317 e. The monoisotopic (exact) mass is 247 g/mol. The van der Waals surface area contributed by atoms with Crippen LogP contribution >= 0.6 is 11.3 Å². The first-order valence-corrected chi connectivity index (χ1v) is 6.45. The van der Waals surface area contributed by atoms with Crippen LogP contribution in [-0.4, -0.2) is 16.4 Å². The van der Waals surface area contributed by atoms with Crippen LogP contribution in [0.5, 0.6) is 0 Å². The molecule has 1 aliphatic rings. The van der Waals surface area contributed by atoms with Gasteiger partial charge in [0.2, 0.25) is 5.91 Å². The summed E-state index contributed by atoms with van der Waals surface area (Å²) in [6.45, 7) is 0. The Bertz CT molecular complexity index is 541. The van der Waals surface area contributed by atoms with Crippen molar-refractivity contribution in [2.24, 2.45) is 5.73 Å². The molecule has 1 aromatic carbocycles. The van der Waals surface area contributed by atoms with E-state index in [9.17, 15) is 4.79 Å². The van der Waals surface area contributed by atoms with Crippen molar-refractivity contribution in [1.29, 1.82) is 0 Å². The maximum Gasteiger partial charge on any atom is 0.246 e. The SMILES string of the molecule is NC1(C(=O)Nc2nc3ccccc3s2)CCC1. The predicted molar refractivity (Wildman–Crippen MR) is 69.0 cm³/mol. The number of carbonyl (C=O) groups excluding carboxylic acids is 1. The van der Waals surface area contributed by atoms with Gasteiger partial charge < -0.3 is 11.1 Å². The van der Waals surface area contributed by atoms with Crippen molar-refractivity contribution in [1.82, 2.24) is 4.98 Å². The fourth-order valence-corrected chi connectivity index (χ4v) is 2.79. The van der Waals surface area contributed by atoms with Gasteiger partial charge in [0, 0.05) is 0 Å². The molecule has 0 spiro atoms. The van der Waals surface area contributed by atoms with Crippen molar-refractivity contribution in [2.45, 2.75) is 24.8 Å². The second kappa shape index (κ2) is 3.78. The molecule has 1 saturated carbocycles. The number of thiazole rings is 1. The molecular weight excluding hydrogens is 234 g/mol. The summed E-state index contributed by atoms with van der Waals surface area (Å²) in [5, 5.41) is 3.45. The average Bonchev–Trinajstić information content (AvgIpc) is 2.67. The van der Waals surface area contributed by atoms with Gasteiger partial charge in [-0.2, -0.15) is 0 Å². The van der Waals surface area contributed by atoms with Gasteiger partial charge in [-0.1, -0.05) is 23.5 Å². The molecule has 0 saturated heterocycles. The first kappa shape index (κ1) is 10.7. The van der Waals surface area contributed by atoms with Gasteiger partial charge in [-0.3, -0.25) is 4.79 Å². The molecule has 0 unspecified atom stereocenters. The minimum atomic E-state index is -0.669. The minimum Gasteiger partial charge on any atom is -0.317 e. The summed E-state index contributed by atoms with van der Waals surface area (Å²) in [6.07, 6.45) is 2.57. The van der Waals surface area contributed by atoms with Crippen LogP contribution in [0.4, 0.5) is 5.13 Å². The minimum absolute atomic E-state index is 0.109. The highest BCUT2D eigenvalue weighted by atomic mass is 32.1. The number of hydrogen-bond acceptors (Lipinski definition) is 4. The number of para-hydroxylation sites is 1. The van der Waals surface area contributed by atoms with Crippen LogP contribution in [0.2, 0.25) is 0 Å². The van der Waals surface area contributed by atoms with E-state index in [1.165, 1.54) is 11.3 Å². The van der Waals surface area contributed by atoms with Crippen LogP contribution in [0.15, 0.2) is 24.3 Å². The Morgan fingerprint density at radius 2 is 2.18 bits per heavy atom. The summed E-state index contributed by atoms with van der Waals surface area (Å²) in [5.41, 5.74) is 6.19. The number of carbonyl (C=O) groups is 1. The number of nitrogens with two attached hydrogens (primary N) is 1. The summed E-state index contributed by atoms with van der Waals surface area (Å²) < 4.78 is 1.07. The topological polar surface area (TPSA) is 68.0 Å². The fourth-order valence-electron chi connectivity index (χ4n) is 1.93. The standard InChI is InChI=1S/C12H13N3OS/c13-12(6-3-7-12)10(16)15-11-14-8-4-1-2-5-9(8)17-11/h1-2,4-5H,3,6-7,13H2,(H,14,15,16). The van der Waals surface area contributed by atoms with Gasteiger partial charge in [-0.15, -0.1) is 0 Å². The quantitative estimate of drug-likeness (QED) is 0.854. The van der Waals surface area contributed by atoms with Crippen molar-refractivity contribution in [3.05, 3.63) is 24.3 Å². The number of rotatable bonds is 2. The molecule has 5 heteroatoms. The number of fused-ring (bicyclic) bond motifs is 1. The first-order valence-electron chi connectivity index (χ1n) is 5.63. The van der Waals surface area contributed by atoms with Crippen LogP contribution in [0, 0.1) is 0 Å². The lowest BCUT2D eigenvalue weighted by Gasteiger charge is -2.35. The van der Waals surface area contributed by atoms with Crippen molar-refractivity contribution in [3.63, 3.8) is 0 Å². The Balaban J connectivity index is 1.83. The molecule has 3 N–H and O–H groups in total. The number of hydrogen-bond donors (Lipinski definition) is 2. The van der Waals surface area contributed by atoms with E-state index in [1.54, 1.807) is 0 Å². The molecule has 0 atom stereocenters. The Morgan fingerprint density at radius 3 is 2.82 bits per heavy atom. The molecule has 1 heterocycles. The Kier molecular flexibility index (Phi) is 2.38. The number of nitrogens with zero attached hydrogens (tertiary/aromatic N) is 1. The van der Waals surface area contributed by atoms with E-state index in [0.29, 0.717) is 5.13 Å². The Morgan fingerprint density at radius 1 is 1.41 bits per heavy atom. The molecule has 1 aliphatic carbocycles. The smallest absolute Gasteiger partial charge is 0.246 e. The van der Waals surface area contributed by atoms with Crippen LogP contribution in [0.3, 0.4) is 0 Å². The molecule has 17 heavy (non-hydrogen) atoms. The Hall–Kier alpha value is -1.46. The lowest BCUT2D eigenvalue weighted by molar-refractivity contribution is -0.123. The highest BCUT2D eigenvalue weighted by Gasteiger charge is 2.40. The zero-order valence-electron chi connectivity index (χ0n) is 9.27. The highest BCUT2D eigenvalue weighted by Crippen LogP contribution is 2.32. The maximum atomic E-state index is 11.9. The highest BCUT2D eigenvalue weighted by molar-refractivity contribution is 7.22. The van der Waals surface area contributed by atoms with Gasteiger partial charge in [0.1, 0.15) is 0 Å². The van der Waals surface area contributed by atoms with Gasteiger partial charge >= 0.3 is 0 Å². The van der Waals surface area contributed by atoms with E-state index in [1.807, 2.05) is 24.3 Å². The number of nitrogens with one attached hydrogen (secondary N) is 1. The molecule has 1 aromatic heterocycles. The van der Waals surface area contributed by atoms with Gasteiger partial charge in [-0.25, -0.2) is 4.98 Å². The summed E-state index contributed by atoms with van der Waals surface area (Å²) in [5.74, 6) is -0.109. The average molecular weight is 247 g/mol. The van der Waals surface area contributed by atoms with E-state index in [0.717, 1.165) is 29.5 Å². The molecule has 1 fully saturated rings. The van der Waals surface area contributed by atoms with Gasteiger partial charge in [0.15, 0.2) is 5.13 Å². The van der Waals surface area contributed by atoms with E-state index in [-0.39, 0.29) is 5.91 Å². The van der Waals surface area contributed by atoms with Gasteiger partial charge in [-0.05, 0) is 31.4 Å². The molecular formula is C12H13N3OS. The van der Waals surface area contributed by atoms with Gasteiger partial charge in [0.25, 0.3) is 0 Å². The summed E-state index contributed by atoms with van der Waals surface area (Å²) >= 11 is 1.48. The van der Waals surface area contributed by atoms with Crippen molar-refractivity contribution in [2.75, 3.05) is 5.32 Å². The second-order valence-corrected chi connectivity index (χ2v) is 5.48. The molecule has 0 radical (unpaired) electrons. The normalized spacial score (nSPS) is 17.7. The molecule has 0 aliphatic heterocycles.